The van der Waals surface area contributed by atoms with Crippen molar-refractivity contribution >= 4 is 17.7 Å². The van der Waals surface area contributed by atoms with E-state index in [4.69, 9.17) is 0 Å². The van der Waals surface area contributed by atoms with Crippen molar-refractivity contribution in [2.75, 3.05) is 25.4 Å². The van der Waals surface area contributed by atoms with E-state index in [-0.39, 0.29) is 5.91 Å². The summed E-state index contributed by atoms with van der Waals surface area (Å²) in [6, 6.07) is 1.92. The SMILES string of the molecule is CCCNCCNC(=O)CSc1nc(C)cc(C)n1. The predicted octanol–water partition coefficient (Wildman–Crippen LogP) is 1.30. The van der Waals surface area contributed by atoms with E-state index in [9.17, 15) is 4.79 Å². The summed E-state index contributed by atoms with van der Waals surface area (Å²) in [6.45, 7) is 8.43. The number of carbonyl (C=O) groups is 1. The molecule has 6 heteroatoms. The Balaban J connectivity index is 2.22. The first-order valence-corrected chi connectivity index (χ1v) is 7.53. The summed E-state index contributed by atoms with van der Waals surface area (Å²) in [5.74, 6) is 0.377. The zero-order valence-electron chi connectivity index (χ0n) is 11.8. The van der Waals surface area contributed by atoms with E-state index in [1.165, 1.54) is 11.8 Å². The second-order valence-electron chi connectivity index (χ2n) is 4.32. The molecule has 1 aromatic heterocycles. The van der Waals surface area contributed by atoms with E-state index >= 15 is 0 Å². The Hall–Kier alpha value is -1.14. The van der Waals surface area contributed by atoms with Crippen LogP contribution in [0.4, 0.5) is 0 Å². The highest BCUT2D eigenvalue weighted by Crippen LogP contribution is 2.13. The number of nitrogens with one attached hydrogen (secondary N) is 2. The van der Waals surface area contributed by atoms with Crippen molar-refractivity contribution in [2.24, 2.45) is 0 Å². The minimum absolute atomic E-state index is 0.0195. The molecule has 0 saturated heterocycles. The molecule has 0 bridgehead atoms. The number of hydrogen-bond donors (Lipinski definition) is 2. The lowest BCUT2D eigenvalue weighted by Gasteiger charge is -2.06. The van der Waals surface area contributed by atoms with Gasteiger partial charge in [-0.1, -0.05) is 18.7 Å². The topological polar surface area (TPSA) is 66.9 Å². The van der Waals surface area contributed by atoms with Gasteiger partial charge in [-0.2, -0.15) is 0 Å². The summed E-state index contributed by atoms with van der Waals surface area (Å²) < 4.78 is 0. The molecule has 0 spiro atoms. The molecule has 1 aromatic rings. The van der Waals surface area contributed by atoms with Crippen LogP contribution in [-0.4, -0.2) is 41.3 Å². The lowest BCUT2D eigenvalue weighted by atomic mass is 10.4. The predicted molar refractivity (Wildman–Crippen MR) is 78.4 cm³/mol. The summed E-state index contributed by atoms with van der Waals surface area (Å²) in [6.07, 6.45) is 1.11. The molecule has 106 valence electrons. The van der Waals surface area contributed by atoms with Gasteiger partial charge in [0.1, 0.15) is 0 Å². The van der Waals surface area contributed by atoms with E-state index < -0.39 is 0 Å². The van der Waals surface area contributed by atoms with Crippen molar-refractivity contribution in [1.82, 2.24) is 20.6 Å². The van der Waals surface area contributed by atoms with E-state index in [0.717, 1.165) is 30.9 Å². The molecule has 0 saturated carbocycles. The molecule has 0 atom stereocenters. The molecule has 2 N–H and O–H groups in total. The first kappa shape index (κ1) is 15.9. The van der Waals surface area contributed by atoms with Gasteiger partial charge in [0.05, 0.1) is 5.75 Å². The molecule has 1 heterocycles. The first-order chi connectivity index (χ1) is 9.11. The summed E-state index contributed by atoms with van der Waals surface area (Å²) in [5, 5.41) is 6.76. The van der Waals surface area contributed by atoms with Gasteiger partial charge in [0, 0.05) is 24.5 Å². The largest absolute Gasteiger partial charge is 0.354 e. The highest BCUT2D eigenvalue weighted by atomic mass is 32.2. The first-order valence-electron chi connectivity index (χ1n) is 6.54. The molecular formula is C13H22N4OS. The number of aryl methyl sites for hydroxylation is 2. The number of hydrogen-bond acceptors (Lipinski definition) is 5. The molecule has 0 aromatic carbocycles. The molecule has 5 nitrogen and oxygen atoms in total. The van der Waals surface area contributed by atoms with Gasteiger partial charge in [-0.25, -0.2) is 9.97 Å². The van der Waals surface area contributed by atoms with Crippen LogP contribution in [0.15, 0.2) is 11.2 Å². The van der Waals surface area contributed by atoms with Crippen molar-refractivity contribution in [3.63, 3.8) is 0 Å². The van der Waals surface area contributed by atoms with Crippen LogP contribution < -0.4 is 10.6 Å². The highest BCUT2D eigenvalue weighted by Gasteiger charge is 2.05. The summed E-state index contributed by atoms with van der Waals surface area (Å²) in [5.41, 5.74) is 1.86. The maximum atomic E-state index is 11.6. The number of aromatic nitrogens is 2. The number of carbonyl (C=O) groups excluding carboxylic acids is 1. The minimum atomic E-state index is 0.0195. The Morgan fingerprint density at radius 3 is 2.53 bits per heavy atom. The molecule has 0 aliphatic rings. The fourth-order valence-corrected chi connectivity index (χ4v) is 2.31. The van der Waals surface area contributed by atoms with Gasteiger partial charge in [-0.05, 0) is 32.9 Å². The monoisotopic (exact) mass is 282 g/mol. The van der Waals surface area contributed by atoms with Crippen LogP contribution in [0.1, 0.15) is 24.7 Å². The average molecular weight is 282 g/mol. The number of nitrogens with zero attached hydrogens (tertiary/aromatic N) is 2. The van der Waals surface area contributed by atoms with E-state index in [2.05, 4.69) is 27.5 Å². The second kappa shape index (κ2) is 8.87. The van der Waals surface area contributed by atoms with Gasteiger partial charge >= 0.3 is 0 Å². The smallest absolute Gasteiger partial charge is 0.230 e. The van der Waals surface area contributed by atoms with E-state index in [0.29, 0.717) is 17.5 Å². The Kier molecular flexibility index (Phi) is 7.43. The minimum Gasteiger partial charge on any atom is -0.354 e. The van der Waals surface area contributed by atoms with Crippen molar-refractivity contribution in [1.29, 1.82) is 0 Å². The van der Waals surface area contributed by atoms with Gasteiger partial charge in [0.15, 0.2) is 5.16 Å². The third kappa shape index (κ3) is 7.12. The summed E-state index contributed by atoms with van der Waals surface area (Å²) in [4.78, 5) is 20.2. The molecule has 0 radical (unpaired) electrons. The van der Waals surface area contributed by atoms with Gasteiger partial charge in [-0.3, -0.25) is 4.79 Å². The van der Waals surface area contributed by atoms with Crippen LogP contribution >= 0.6 is 11.8 Å². The highest BCUT2D eigenvalue weighted by molar-refractivity contribution is 7.99. The summed E-state index contributed by atoms with van der Waals surface area (Å²) in [7, 11) is 0. The molecule has 1 rings (SSSR count). The number of amides is 1. The zero-order chi connectivity index (χ0) is 14.1. The van der Waals surface area contributed by atoms with E-state index in [1.54, 1.807) is 0 Å². The Labute approximate surface area is 119 Å². The fraction of sp³-hybridized carbons (Fsp3) is 0.615. The normalized spacial score (nSPS) is 10.5. The molecule has 0 aliphatic heterocycles. The van der Waals surface area contributed by atoms with Crippen molar-refractivity contribution in [3.05, 3.63) is 17.5 Å². The average Bonchev–Trinajstić information content (AvgIpc) is 2.35. The van der Waals surface area contributed by atoms with Gasteiger partial charge < -0.3 is 10.6 Å². The standard InChI is InChI=1S/C13H22N4OS/c1-4-5-14-6-7-15-12(18)9-19-13-16-10(2)8-11(3)17-13/h8,14H,4-7,9H2,1-3H3,(H,15,18). The Morgan fingerprint density at radius 1 is 1.21 bits per heavy atom. The van der Waals surface area contributed by atoms with Gasteiger partial charge in [-0.15, -0.1) is 0 Å². The molecule has 0 unspecified atom stereocenters. The maximum Gasteiger partial charge on any atom is 0.230 e. The molecule has 0 aliphatic carbocycles. The van der Waals surface area contributed by atoms with Crippen LogP contribution in [0.3, 0.4) is 0 Å². The van der Waals surface area contributed by atoms with Crippen LogP contribution in [0.2, 0.25) is 0 Å². The van der Waals surface area contributed by atoms with Crippen molar-refractivity contribution in [2.45, 2.75) is 32.3 Å². The fourth-order valence-electron chi connectivity index (χ4n) is 1.53. The summed E-state index contributed by atoms with van der Waals surface area (Å²) >= 11 is 1.37. The number of thioether (sulfide) groups is 1. The Bertz CT molecular complexity index is 391. The molecule has 19 heavy (non-hydrogen) atoms. The van der Waals surface area contributed by atoms with Crippen LogP contribution in [0.25, 0.3) is 0 Å². The lowest BCUT2D eigenvalue weighted by molar-refractivity contribution is -0.118. The van der Waals surface area contributed by atoms with E-state index in [1.807, 2.05) is 19.9 Å². The third-order valence-corrected chi connectivity index (χ3v) is 3.19. The van der Waals surface area contributed by atoms with Crippen LogP contribution in [0.5, 0.6) is 0 Å². The van der Waals surface area contributed by atoms with Crippen molar-refractivity contribution < 1.29 is 4.79 Å². The lowest BCUT2D eigenvalue weighted by Crippen LogP contribution is -2.33. The third-order valence-electron chi connectivity index (χ3n) is 2.34. The van der Waals surface area contributed by atoms with Crippen LogP contribution in [-0.2, 0) is 4.79 Å². The quantitative estimate of drug-likeness (QED) is 0.427. The Morgan fingerprint density at radius 2 is 1.89 bits per heavy atom. The molecule has 0 fully saturated rings. The molecule has 1 amide bonds. The van der Waals surface area contributed by atoms with Crippen molar-refractivity contribution in [3.8, 4) is 0 Å². The second-order valence-corrected chi connectivity index (χ2v) is 5.26. The molecular weight excluding hydrogens is 260 g/mol. The zero-order valence-corrected chi connectivity index (χ0v) is 12.6. The maximum absolute atomic E-state index is 11.6. The van der Waals surface area contributed by atoms with Gasteiger partial charge in [0.25, 0.3) is 0 Å². The number of rotatable bonds is 8. The van der Waals surface area contributed by atoms with Crippen LogP contribution in [0, 0.1) is 13.8 Å². The van der Waals surface area contributed by atoms with Gasteiger partial charge in [0.2, 0.25) is 5.91 Å².